The zero-order valence-electron chi connectivity index (χ0n) is 19.4. The average Bonchev–Trinajstić information content (AvgIpc) is 3.35. The van der Waals surface area contributed by atoms with Crippen LogP contribution in [0.15, 0.2) is 97.2 Å². The van der Waals surface area contributed by atoms with Gasteiger partial charge in [0.1, 0.15) is 29.0 Å². The Labute approximate surface area is 228 Å². The summed E-state index contributed by atoms with van der Waals surface area (Å²) in [5.74, 6) is -0.226. The van der Waals surface area contributed by atoms with Crippen molar-refractivity contribution in [1.29, 1.82) is 0 Å². The number of aromatic nitrogens is 3. The molecule has 8 nitrogen and oxygen atoms in total. The van der Waals surface area contributed by atoms with E-state index in [4.69, 9.17) is 9.15 Å². The molecule has 0 saturated heterocycles. The summed E-state index contributed by atoms with van der Waals surface area (Å²) in [5, 5.41) is 11.2. The maximum Gasteiger partial charge on any atom is 0.287 e. The smallest absolute Gasteiger partial charge is 0.287 e. The first-order valence-corrected chi connectivity index (χ1v) is 12.9. The van der Waals surface area contributed by atoms with E-state index in [1.54, 1.807) is 29.1 Å². The van der Waals surface area contributed by atoms with Crippen molar-refractivity contribution in [3.05, 3.63) is 121 Å². The molecule has 1 amide bonds. The van der Waals surface area contributed by atoms with Crippen LogP contribution in [-0.2, 0) is 19.7 Å². The van der Waals surface area contributed by atoms with E-state index in [2.05, 4.69) is 47.5 Å². The van der Waals surface area contributed by atoms with Crippen LogP contribution in [-0.4, -0.2) is 20.9 Å². The Hall–Kier alpha value is -3.76. The number of benzene rings is 3. The van der Waals surface area contributed by atoms with Crippen LogP contribution in [0.25, 0.3) is 11.0 Å². The van der Waals surface area contributed by atoms with Crippen LogP contribution in [0.3, 0.4) is 0 Å². The van der Waals surface area contributed by atoms with E-state index in [1.807, 2.05) is 48.5 Å². The third kappa shape index (κ3) is 6.15. The summed E-state index contributed by atoms with van der Waals surface area (Å²) in [6, 6.07) is 21.8. The van der Waals surface area contributed by atoms with E-state index >= 15 is 0 Å². The van der Waals surface area contributed by atoms with Gasteiger partial charge in [0, 0.05) is 15.0 Å². The molecule has 0 spiro atoms. The SMILES string of the molecule is O=C(NCc1cn(Cc2ccc(Br)cc2)nn1)c1cc(=O)c2c(OCc3ccc(Br)cc3)cccc2o1. The molecule has 0 fully saturated rings. The van der Waals surface area contributed by atoms with Crippen LogP contribution in [0.4, 0.5) is 0 Å². The van der Waals surface area contributed by atoms with Gasteiger partial charge in [-0.3, -0.25) is 9.59 Å². The fourth-order valence-corrected chi connectivity index (χ4v) is 4.21. The number of rotatable bonds is 8. The quantitative estimate of drug-likeness (QED) is 0.246. The zero-order valence-corrected chi connectivity index (χ0v) is 22.5. The molecule has 3 aromatic carbocycles. The van der Waals surface area contributed by atoms with E-state index < -0.39 is 5.91 Å². The number of ether oxygens (including phenoxy) is 1. The van der Waals surface area contributed by atoms with Crippen molar-refractivity contribution in [2.45, 2.75) is 19.7 Å². The molecule has 186 valence electrons. The van der Waals surface area contributed by atoms with Gasteiger partial charge < -0.3 is 14.5 Å². The van der Waals surface area contributed by atoms with Crippen molar-refractivity contribution >= 4 is 48.7 Å². The molecule has 10 heteroatoms. The van der Waals surface area contributed by atoms with Crippen LogP contribution in [0.2, 0.25) is 0 Å². The molecule has 0 bridgehead atoms. The van der Waals surface area contributed by atoms with Gasteiger partial charge in [-0.2, -0.15) is 0 Å². The number of carbonyl (C=O) groups is 1. The summed E-state index contributed by atoms with van der Waals surface area (Å²) in [6.07, 6.45) is 1.76. The maximum absolute atomic E-state index is 12.9. The highest BCUT2D eigenvalue weighted by molar-refractivity contribution is 9.10. The second kappa shape index (κ2) is 11.1. The monoisotopic (exact) mass is 622 g/mol. The summed E-state index contributed by atoms with van der Waals surface area (Å²) < 4.78 is 15.3. The zero-order chi connectivity index (χ0) is 25.8. The first-order chi connectivity index (χ1) is 17.9. The number of halogens is 2. The molecule has 2 heterocycles. The molecule has 1 N–H and O–H groups in total. The van der Waals surface area contributed by atoms with Crippen molar-refractivity contribution in [3.8, 4) is 5.75 Å². The van der Waals surface area contributed by atoms with Gasteiger partial charge >= 0.3 is 0 Å². The van der Waals surface area contributed by atoms with E-state index in [0.29, 0.717) is 18.0 Å². The van der Waals surface area contributed by atoms with Crippen LogP contribution < -0.4 is 15.5 Å². The van der Waals surface area contributed by atoms with E-state index in [0.717, 1.165) is 20.1 Å². The first kappa shape index (κ1) is 24.9. The second-order valence-corrected chi connectivity index (χ2v) is 10.1. The molecule has 0 aliphatic heterocycles. The largest absolute Gasteiger partial charge is 0.488 e. The molecule has 37 heavy (non-hydrogen) atoms. The minimum atomic E-state index is -0.525. The fourth-order valence-electron chi connectivity index (χ4n) is 3.68. The Kier molecular flexibility index (Phi) is 7.47. The number of hydrogen-bond donors (Lipinski definition) is 1. The first-order valence-electron chi connectivity index (χ1n) is 11.3. The highest BCUT2D eigenvalue weighted by atomic mass is 79.9. The van der Waals surface area contributed by atoms with Gasteiger partial charge in [-0.05, 0) is 47.5 Å². The number of amides is 1. The number of carbonyl (C=O) groups excluding carboxylic acids is 1. The highest BCUT2D eigenvalue weighted by Crippen LogP contribution is 2.24. The second-order valence-electron chi connectivity index (χ2n) is 8.24. The molecule has 0 aliphatic carbocycles. The minimum absolute atomic E-state index is 0.0928. The highest BCUT2D eigenvalue weighted by Gasteiger charge is 2.16. The van der Waals surface area contributed by atoms with Gasteiger partial charge in [-0.25, -0.2) is 4.68 Å². The lowest BCUT2D eigenvalue weighted by molar-refractivity contribution is 0.0923. The molecule has 5 rings (SSSR count). The summed E-state index contributed by atoms with van der Waals surface area (Å²) in [7, 11) is 0. The third-order valence-corrected chi connectivity index (χ3v) is 6.58. The summed E-state index contributed by atoms with van der Waals surface area (Å²) >= 11 is 6.82. The molecule has 0 saturated carbocycles. The van der Waals surface area contributed by atoms with Crippen LogP contribution in [0.5, 0.6) is 5.75 Å². The van der Waals surface area contributed by atoms with Gasteiger partial charge in [0.2, 0.25) is 0 Å². The fraction of sp³-hybridized carbons (Fsp3) is 0.111. The lowest BCUT2D eigenvalue weighted by Crippen LogP contribution is -2.24. The number of nitrogens with zero attached hydrogens (tertiary/aromatic N) is 3. The normalized spacial score (nSPS) is 11.0. The molecule has 0 unspecified atom stereocenters. The topological polar surface area (TPSA) is 99.2 Å². The summed E-state index contributed by atoms with van der Waals surface area (Å²) in [4.78, 5) is 25.6. The van der Waals surface area contributed by atoms with Crippen LogP contribution >= 0.6 is 31.9 Å². The summed E-state index contributed by atoms with van der Waals surface area (Å²) in [6.45, 7) is 0.980. The molecule has 0 radical (unpaired) electrons. The lowest BCUT2D eigenvalue weighted by Gasteiger charge is -2.10. The van der Waals surface area contributed by atoms with Crippen LogP contribution in [0.1, 0.15) is 27.4 Å². The Bertz CT molecular complexity index is 1610. The van der Waals surface area contributed by atoms with E-state index in [1.165, 1.54) is 6.07 Å². The van der Waals surface area contributed by atoms with Gasteiger partial charge in [0.25, 0.3) is 5.91 Å². The van der Waals surface area contributed by atoms with E-state index in [-0.39, 0.29) is 35.3 Å². The standard InChI is InChI=1S/C27H20Br2N4O4/c28-19-8-4-17(5-9-19)14-33-15-21(31-32-33)13-30-27(35)25-12-22(34)26-23(2-1-3-24(26)37-25)36-16-18-6-10-20(29)11-7-18/h1-12,15H,13-14,16H2,(H,30,35). The maximum atomic E-state index is 12.9. The van der Waals surface area contributed by atoms with Gasteiger partial charge in [-0.15, -0.1) is 5.10 Å². The number of hydrogen-bond acceptors (Lipinski definition) is 6. The van der Waals surface area contributed by atoms with Crippen molar-refractivity contribution in [2.75, 3.05) is 0 Å². The average molecular weight is 624 g/mol. The summed E-state index contributed by atoms with van der Waals surface area (Å²) in [5.41, 5.74) is 2.51. The van der Waals surface area contributed by atoms with Gasteiger partial charge in [-0.1, -0.05) is 67.4 Å². The third-order valence-electron chi connectivity index (χ3n) is 5.52. The van der Waals surface area contributed by atoms with Gasteiger partial charge in [0.05, 0.1) is 19.3 Å². The molecule has 5 aromatic rings. The number of fused-ring (bicyclic) bond motifs is 1. The molecular formula is C27H20Br2N4O4. The predicted molar refractivity (Wildman–Crippen MR) is 145 cm³/mol. The Morgan fingerprint density at radius 1 is 0.973 bits per heavy atom. The molecular weight excluding hydrogens is 604 g/mol. The van der Waals surface area contributed by atoms with Crippen molar-refractivity contribution < 1.29 is 13.9 Å². The predicted octanol–water partition coefficient (Wildman–Crippen LogP) is 5.47. The Morgan fingerprint density at radius 3 is 2.41 bits per heavy atom. The van der Waals surface area contributed by atoms with Crippen molar-refractivity contribution in [1.82, 2.24) is 20.3 Å². The van der Waals surface area contributed by atoms with Crippen LogP contribution in [0, 0.1) is 0 Å². The van der Waals surface area contributed by atoms with Crippen molar-refractivity contribution in [3.63, 3.8) is 0 Å². The molecule has 0 atom stereocenters. The minimum Gasteiger partial charge on any atom is -0.488 e. The van der Waals surface area contributed by atoms with Crippen molar-refractivity contribution in [2.24, 2.45) is 0 Å². The molecule has 0 aliphatic rings. The lowest BCUT2D eigenvalue weighted by atomic mass is 10.2. The van der Waals surface area contributed by atoms with E-state index in [9.17, 15) is 9.59 Å². The Morgan fingerprint density at radius 2 is 1.68 bits per heavy atom. The molecule has 2 aromatic heterocycles. The van der Waals surface area contributed by atoms with Gasteiger partial charge in [0.15, 0.2) is 11.2 Å². The number of nitrogens with one attached hydrogen (secondary N) is 1. The Balaban J connectivity index is 1.25.